The predicted molar refractivity (Wildman–Crippen MR) is 136 cm³/mol. The molecule has 8 heteroatoms. The molecule has 7 nitrogen and oxygen atoms in total. The van der Waals surface area contributed by atoms with Gasteiger partial charge in [-0.15, -0.1) is 11.3 Å². The number of amides is 2. The lowest BCUT2D eigenvalue weighted by molar-refractivity contribution is 0.0785. The molecule has 0 fully saturated rings. The van der Waals surface area contributed by atoms with Crippen molar-refractivity contribution in [2.24, 2.45) is 0 Å². The lowest BCUT2D eigenvalue weighted by Gasteiger charge is -2.16. The molecule has 0 aliphatic carbocycles. The molecular formula is C26H33N5O2S. The molecule has 2 N–H and O–H groups in total. The van der Waals surface area contributed by atoms with Gasteiger partial charge in [0, 0.05) is 54.7 Å². The number of carbonyl (C=O) groups is 2. The van der Waals surface area contributed by atoms with Crippen LogP contribution in [0.25, 0.3) is 0 Å². The highest BCUT2D eigenvalue weighted by Gasteiger charge is 2.15. The largest absolute Gasteiger partial charge is 0.352 e. The van der Waals surface area contributed by atoms with Gasteiger partial charge < -0.3 is 15.5 Å². The van der Waals surface area contributed by atoms with Crippen LogP contribution in [-0.2, 0) is 13.1 Å². The van der Waals surface area contributed by atoms with Crippen molar-refractivity contribution in [3.63, 3.8) is 0 Å². The van der Waals surface area contributed by atoms with Gasteiger partial charge >= 0.3 is 0 Å². The highest BCUT2D eigenvalue weighted by Crippen LogP contribution is 2.15. The first-order valence-corrected chi connectivity index (χ1v) is 12.4. The Morgan fingerprint density at radius 3 is 2.65 bits per heavy atom. The van der Waals surface area contributed by atoms with Crippen molar-refractivity contribution in [1.82, 2.24) is 25.5 Å². The quantitative estimate of drug-likeness (QED) is 0.404. The van der Waals surface area contributed by atoms with E-state index in [1.54, 1.807) is 36.2 Å². The number of aryl methyl sites for hydroxylation is 1. The van der Waals surface area contributed by atoms with Gasteiger partial charge in [0.15, 0.2) is 0 Å². The van der Waals surface area contributed by atoms with Crippen LogP contribution in [0.4, 0.5) is 0 Å². The van der Waals surface area contributed by atoms with Crippen LogP contribution in [0.15, 0.2) is 48.1 Å². The lowest BCUT2D eigenvalue weighted by Crippen LogP contribution is -2.28. The van der Waals surface area contributed by atoms with E-state index in [1.165, 1.54) is 16.9 Å². The third-order valence-electron chi connectivity index (χ3n) is 5.39. The van der Waals surface area contributed by atoms with Crippen molar-refractivity contribution in [2.75, 3.05) is 20.1 Å². The number of benzene rings is 1. The second kappa shape index (κ2) is 12.4. The Kier molecular flexibility index (Phi) is 9.30. The van der Waals surface area contributed by atoms with Crippen LogP contribution < -0.4 is 10.6 Å². The van der Waals surface area contributed by atoms with Crippen LogP contribution in [0, 0.1) is 6.92 Å². The summed E-state index contributed by atoms with van der Waals surface area (Å²) in [6.45, 7) is 8.78. The number of rotatable bonds is 11. The van der Waals surface area contributed by atoms with Gasteiger partial charge in [-0.3, -0.25) is 14.6 Å². The molecule has 1 aromatic carbocycles. The van der Waals surface area contributed by atoms with E-state index in [0.717, 1.165) is 35.8 Å². The van der Waals surface area contributed by atoms with Gasteiger partial charge in [-0.25, -0.2) is 4.98 Å². The fraction of sp³-hybridized carbons (Fsp3) is 0.385. The second-order valence-corrected chi connectivity index (χ2v) is 9.63. The summed E-state index contributed by atoms with van der Waals surface area (Å²) < 4.78 is 0. The molecule has 3 aromatic rings. The predicted octanol–water partition coefficient (Wildman–Crippen LogP) is 4.15. The molecule has 0 bridgehead atoms. The SMILES string of the molecule is Cc1csc(CN(C)C(=O)c2cccc(C(=O)NCCCNCc3cncc(C(C)C)c3)c2)n1. The summed E-state index contributed by atoms with van der Waals surface area (Å²) in [7, 11) is 1.74. The van der Waals surface area contributed by atoms with Gasteiger partial charge in [-0.1, -0.05) is 26.0 Å². The van der Waals surface area contributed by atoms with E-state index in [9.17, 15) is 9.59 Å². The summed E-state index contributed by atoms with van der Waals surface area (Å²) in [5.74, 6) is 0.142. The standard InChI is InChI=1S/C26H33N5O2S/c1-18(2)23-11-20(14-28-15-23)13-27-9-6-10-29-25(32)21-7-5-8-22(12-21)26(33)31(4)16-24-30-19(3)17-34-24/h5,7-8,11-12,14-15,17-18,27H,6,9-10,13,16H2,1-4H3,(H,29,32). The van der Waals surface area contributed by atoms with Crippen molar-refractivity contribution >= 4 is 23.2 Å². The van der Waals surface area contributed by atoms with E-state index >= 15 is 0 Å². The first kappa shape index (κ1) is 25.5. The number of hydrogen-bond donors (Lipinski definition) is 2. The number of nitrogens with zero attached hydrogens (tertiary/aromatic N) is 3. The van der Waals surface area contributed by atoms with Gasteiger partial charge in [-0.2, -0.15) is 0 Å². The van der Waals surface area contributed by atoms with E-state index in [4.69, 9.17) is 0 Å². The minimum Gasteiger partial charge on any atom is -0.352 e. The molecule has 0 spiro atoms. The fourth-order valence-corrected chi connectivity index (χ4v) is 4.26. The highest BCUT2D eigenvalue weighted by molar-refractivity contribution is 7.09. The van der Waals surface area contributed by atoms with E-state index in [2.05, 4.69) is 40.5 Å². The zero-order valence-corrected chi connectivity index (χ0v) is 21.1. The molecule has 3 rings (SSSR count). The molecule has 34 heavy (non-hydrogen) atoms. The van der Waals surface area contributed by atoms with Gasteiger partial charge in [-0.05, 0) is 55.1 Å². The van der Waals surface area contributed by atoms with Gasteiger partial charge in [0.1, 0.15) is 5.01 Å². The summed E-state index contributed by atoms with van der Waals surface area (Å²) in [5, 5.41) is 9.19. The molecular weight excluding hydrogens is 446 g/mol. The molecule has 0 radical (unpaired) electrons. The van der Waals surface area contributed by atoms with Crippen molar-refractivity contribution < 1.29 is 9.59 Å². The van der Waals surface area contributed by atoms with Crippen LogP contribution in [0.1, 0.15) is 68.7 Å². The number of nitrogens with one attached hydrogen (secondary N) is 2. The Morgan fingerprint density at radius 1 is 1.12 bits per heavy atom. The van der Waals surface area contributed by atoms with E-state index in [1.807, 2.05) is 24.7 Å². The third kappa shape index (κ3) is 7.46. The van der Waals surface area contributed by atoms with Gasteiger partial charge in [0.25, 0.3) is 11.8 Å². The molecule has 0 unspecified atom stereocenters. The maximum absolute atomic E-state index is 12.8. The molecule has 0 aliphatic heterocycles. The van der Waals surface area contributed by atoms with Crippen LogP contribution in [-0.4, -0.2) is 46.8 Å². The zero-order chi connectivity index (χ0) is 24.5. The normalized spacial score (nSPS) is 11.0. The van der Waals surface area contributed by atoms with Crippen molar-refractivity contribution in [3.05, 3.63) is 81.1 Å². The lowest BCUT2D eigenvalue weighted by atomic mass is 10.0. The smallest absolute Gasteiger partial charge is 0.253 e. The minimum absolute atomic E-state index is 0.136. The van der Waals surface area contributed by atoms with Crippen LogP contribution in [0.2, 0.25) is 0 Å². The topological polar surface area (TPSA) is 87.2 Å². The molecule has 0 saturated carbocycles. The average Bonchev–Trinajstić information content (AvgIpc) is 3.25. The maximum Gasteiger partial charge on any atom is 0.253 e. The Bertz CT molecular complexity index is 1110. The summed E-state index contributed by atoms with van der Waals surface area (Å²) >= 11 is 1.54. The third-order valence-corrected chi connectivity index (χ3v) is 6.34. The van der Waals surface area contributed by atoms with Crippen LogP contribution >= 0.6 is 11.3 Å². The minimum atomic E-state index is -0.179. The van der Waals surface area contributed by atoms with Gasteiger partial charge in [0.05, 0.1) is 6.54 Å². The molecule has 0 saturated heterocycles. The Balaban J connectivity index is 1.42. The summed E-state index contributed by atoms with van der Waals surface area (Å²) in [5.41, 5.74) is 4.31. The molecule has 0 atom stereocenters. The Morgan fingerprint density at radius 2 is 1.91 bits per heavy atom. The van der Waals surface area contributed by atoms with Crippen molar-refractivity contribution in [2.45, 2.75) is 46.2 Å². The molecule has 0 aliphatic rings. The number of carbonyl (C=O) groups excluding carboxylic acids is 2. The molecule has 2 heterocycles. The van der Waals surface area contributed by atoms with E-state index in [0.29, 0.717) is 30.1 Å². The number of hydrogen-bond acceptors (Lipinski definition) is 6. The fourth-order valence-electron chi connectivity index (χ4n) is 3.43. The van der Waals surface area contributed by atoms with E-state index in [-0.39, 0.29) is 11.8 Å². The summed E-state index contributed by atoms with van der Waals surface area (Å²) in [6.07, 6.45) is 4.59. The van der Waals surface area contributed by atoms with Crippen LogP contribution in [0.3, 0.4) is 0 Å². The summed E-state index contributed by atoms with van der Waals surface area (Å²) in [6, 6.07) is 9.02. The molecule has 2 amide bonds. The monoisotopic (exact) mass is 479 g/mol. The van der Waals surface area contributed by atoms with Crippen molar-refractivity contribution in [3.8, 4) is 0 Å². The Hall–Kier alpha value is -3.10. The Labute approximate surface area is 205 Å². The number of thiazole rings is 1. The summed E-state index contributed by atoms with van der Waals surface area (Å²) in [4.78, 5) is 35.7. The zero-order valence-electron chi connectivity index (χ0n) is 20.3. The first-order chi connectivity index (χ1) is 16.3. The molecule has 180 valence electrons. The van der Waals surface area contributed by atoms with E-state index < -0.39 is 0 Å². The first-order valence-electron chi connectivity index (χ1n) is 11.5. The van der Waals surface area contributed by atoms with Gasteiger partial charge in [0.2, 0.25) is 0 Å². The molecule has 2 aromatic heterocycles. The maximum atomic E-state index is 12.8. The average molecular weight is 480 g/mol. The van der Waals surface area contributed by atoms with Crippen LogP contribution in [0.5, 0.6) is 0 Å². The number of pyridine rings is 1. The highest BCUT2D eigenvalue weighted by atomic mass is 32.1. The van der Waals surface area contributed by atoms with Crippen molar-refractivity contribution in [1.29, 1.82) is 0 Å². The number of aromatic nitrogens is 2. The second-order valence-electron chi connectivity index (χ2n) is 8.69.